The standard InChI is InChI=1S/C25H45NO/c1-17-9-13-24(4)22-11-12-23(3)20(18(2)6-5-15-27)7-8-21(23)19(22)10-14-25(24,26)16-17/h17-22,27H,5-16,26H2,1-4H3. The van der Waals surface area contributed by atoms with Gasteiger partial charge in [0.2, 0.25) is 0 Å². The Kier molecular flexibility index (Phi) is 5.25. The molecule has 3 N–H and O–H groups in total. The highest BCUT2D eigenvalue weighted by Gasteiger charge is 2.63. The SMILES string of the molecule is CC1CCC2(C)C3CCC4(C)C(C(C)CCCO)CCC4C3CCC2(N)C1. The number of hydrogen-bond acceptors (Lipinski definition) is 2. The molecule has 4 fully saturated rings. The molecule has 4 rings (SSSR count). The molecule has 9 unspecified atom stereocenters. The summed E-state index contributed by atoms with van der Waals surface area (Å²) >= 11 is 0. The van der Waals surface area contributed by atoms with Gasteiger partial charge in [0, 0.05) is 12.1 Å². The second-order valence-electron chi connectivity index (χ2n) is 11.9. The Bertz CT molecular complexity index is 548. The van der Waals surface area contributed by atoms with Crippen molar-refractivity contribution in [3.05, 3.63) is 0 Å². The van der Waals surface area contributed by atoms with Crippen LogP contribution in [0.25, 0.3) is 0 Å². The third-order valence-corrected chi connectivity index (χ3v) is 10.8. The van der Waals surface area contributed by atoms with Crippen LogP contribution in [0, 0.1) is 46.3 Å². The van der Waals surface area contributed by atoms with E-state index >= 15 is 0 Å². The van der Waals surface area contributed by atoms with Crippen molar-refractivity contribution >= 4 is 0 Å². The lowest BCUT2D eigenvalue weighted by Crippen LogP contribution is -2.66. The lowest BCUT2D eigenvalue weighted by molar-refractivity contribution is -0.131. The fraction of sp³-hybridized carbons (Fsp3) is 1.00. The van der Waals surface area contributed by atoms with Gasteiger partial charge in [-0.3, -0.25) is 0 Å². The van der Waals surface area contributed by atoms with Crippen LogP contribution >= 0.6 is 0 Å². The van der Waals surface area contributed by atoms with Gasteiger partial charge in [-0.1, -0.05) is 34.1 Å². The molecule has 4 aliphatic rings. The fourth-order valence-corrected chi connectivity index (χ4v) is 9.19. The van der Waals surface area contributed by atoms with E-state index in [0.717, 1.165) is 41.9 Å². The molecule has 0 bridgehead atoms. The maximum atomic E-state index is 9.28. The van der Waals surface area contributed by atoms with Crippen molar-refractivity contribution in [3.8, 4) is 0 Å². The zero-order valence-electron chi connectivity index (χ0n) is 18.5. The van der Waals surface area contributed by atoms with Crippen LogP contribution in [0.1, 0.15) is 98.3 Å². The van der Waals surface area contributed by atoms with E-state index in [4.69, 9.17) is 5.73 Å². The van der Waals surface area contributed by atoms with Gasteiger partial charge in [0.05, 0.1) is 0 Å². The molecule has 0 aliphatic heterocycles. The topological polar surface area (TPSA) is 46.2 Å². The molecular weight excluding hydrogens is 330 g/mol. The van der Waals surface area contributed by atoms with E-state index in [-0.39, 0.29) is 5.54 Å². The van der Waals surface area contributed by atoms with Gasteiger partial charge in [-0.15, -0.1) is 0 Å². The van der Waals surface area contributed by atoms with Crippen LogP contribution < -0.4 is 5.73 Å². The molecule has 0 amide bonds. The van der Waals surface area contributed by atoms with Crippen molar-refractivity contribution in [2.75, 3.05) is 6.61 Å². The Balaban J connectivity index is 1.56. The Labute approximate surface area is 168 Å². The van der Waals surface area contributed by atoms with Crippen molar-refractivity contribution in [2.24, 2.45) is 52.1 Å². The minimum Gasteiger partial charge on any atom is -0.396 e. The van der Waals surface area contributed by atoms with Crippen LogP contribution in [0.15, 0.2) is 0 Å². The zero-order valence-corrected chi connectivity index (χ0v) is 18.5. The summed E-state index contributed by atoms with van der Waals surface area (Å²) in [5, 5.41) is 9.28. The van der Waals surface area contributed by atoms with E-state index in [9.17, 15) is 5.11 Å². The molecule has 0 heterocycles. The number of rotatable bonds is 4. The Morgan fingerprint density at radius 3 is 2.52 bits per heavy atom. The first-order valence-electron chi connectivity index (χ1n) is 12.1. The van der Waals surface area contributed by atoms with Gasteiger partial charge in [0.25, 0.3) is 0 Å². The van der Waals surface area contributed by atoms with Crippen LogP contribution in [0.5, 0.6) is 0 Å². The summed E-state index contributed by atoms with van der Waals surface area (Å²) in [6, 6.07) is 0. The van der Waals surface area contributed by atoms with Crippen LogP contribution in [0.2, 0.25) is 0 Å². The van der Waals surface area contributed by atoms with Gasteiger partial charge in [-0.05, 0) is 111 Å². The summed E-state index contributed by atoms with van der Waals surface area (Å²) in [5.74, 6) is 5.18. The van der Waals surface area contributed by atoms with Gasteiger partial charge < -0.3 is 10.8 Å². The first-order valence-corrected chi connectivity index (χ1v) is 12.1. The average Bonchev–Trinajstić information content (AvgIpc) is 2.98. The first kappa shape index (κ1) is 20.2. The van der Waals surface area contributed by atoms with Crippen molar-refractivity contribution < 1.29 is 5.11 Å². The van der Waals surface area contributed by atoms with Crippen molar-refractivity contribution in [3.63, 3.8) is 0 Å². The van der Waals surface area contributed by atoms with E-state index in [1.165, 1.54) is 64.2 Å². The Morgan fingerprint density at radius 1 is 1.00 bits per heavy atom. The molecule has 156 valence electrons. The molecule has 0 aromatic rings. The third kappa shape index (κ3) is 2.95. The molecule has 0 saturated heterocycles. The summed E-state index contributed by atoms with van der Waals surface area (Å²) < 4.78 is 0. The zero-order chi connectivity index (χ0) is 19.4. The molecule has 4 aliphatic carbocycles. The molecule has 4 saturated carbocycles. The minimum atomic E-state index is 0.103. The third-order valence-electron chi connectivity index (χ3n) is 10.8. The van der Waals surface area contributed by atoms with E-state index in [0.29, 0.717) is 17.4 Å². The molecule has 2 nitrogen and oxygen atoms in total. The predicted octanol–water partition coefficient (Wildman–Crippen LogP) is 5.77. The van der Waals surface area contributed by atoms with Gasteiger partial charge in [0.1, 0.15) is 0 Å². The average molecular weight is 376 g/mol. The predicted molar refractivity (Wildman–Crippen MR) is 113 cm³/mol. The molecule has 0 aromatic heterocycles. The van der Waals surface area contributed by atoms with Crippen LogP contribution in [0.4, 0.5) is 0 Å². The summed E-state index contributed by atoms with van der Waals surface area (Å²) in [7, 11) is 0. The Hall–Kier alpha value is -0.0800. The van der Waals surface area contributed by atoms with Gasteiger partial charge in [0.15, 0.2) is 0 Å². The highest BCUT2D eigenvalue weighted by Crippen LogP contribution is 2.69. The highest BCUT2D eigenvalue weighted by molar-refractivity contribution is 5.15. The van der Waals surface area contributed by atoms with Crippen molar-refractivity contribution in [1.82, 2.24) is 0 Å². The van der Waals surface area contributed by atoms with E-state index < -0.39 is 0 Å². The Morgan fingerprint density at radius 2 is 1.78 bits per heavy atom. The molecule has 0 aromatic carbocycles. The van der Waals surface area contributed by atoms with Crippen LogP contribution in [-0.4, -0.2) is 17.3 Å². The minimum absolute atomic E-state index is 0.103. The number of fused-ring (bicyclic) bond motifs is 5. The summed E-state index contributed by atoms with van der Waals surface area (Å²) in [4.78, 5) is 0. The molecule has 0 spiro atoms. The number of aliphatic hydroxyl groups excluding tert-OH is 1. The van der Waals surface area contributed by atoms with E-state index in [2.05, 4.69) is 27.7 Å². The molecule has 2 heteroatoms. The molecule has 0 radical (unpaired) electrons. The normalized spacial score (nSPS) is 53.3. The molecule has 27 heavy (non-hydrogen) atoms. The van der Waals surface area contributed by atoms with E-state index in [1.807, 2.05) is 0 Å². The fourth-order valence-electron chi connectivity index (χ4n) is 9.19. The van der Waals surface area contributed by atoms with Crippen LogP contribution in [0.3, 0.4) is 0 Å². The summed E-state index contributed by atoms with van der Waals surface area (Å²) in [5.41, 5.74) is 8.20. The maximum absolute atomic E-state index is 9.28. The molecular formula is C25H45NO. The van der Waals surface area contributed by atoms with Gasteiger partial charge >= 0.3 is 0 Å². The van der Waals surface area contributed by atoms with Crippen molar-refractivity contribution in [2.45, 2.75) is 104 Å². The second kappa shape index (κ2) is 7.01. The summed E-state index contributed by atoms with van der Waals surface area (Å²) in [6.07, 6.45) is 14.6. The number of hydrogen-bond donors (Lipinski definition) is 2. The lowest BCUT2D eigenvalue weighted by atomic mass is 9.42. The number of nitrogens with two attached hydrogens (primary N) is 1. The van der Waals surface area contributed by atoms with E-state index in [1.54, 1.807) is 0 Å². The maximum Gasteiger partial charge on any atom is 0.0431 e. The van der Waals surface area contributed by atoms with Gasteiger partial charge in [-0.25, -0.2) is 0 Å². The summed E-state index contributed by atoms with van der Waals surface area (Å²) in [6.45, 7) is 10.5. The largest absolute Gasteiger partial charge is 0.396 e. The monoisotopic (exact) mass is 375 g/mol. The smallest absolute Gasteiger partial charge is 0.0431 e. The van der Waals surface area contributed by atoms with Crippen molar-refractivity contribution in [1.29, 1.82) is 0 Å². The van der Waals surface area contributed by atoms with Crippen LogP contribution in [-0.2, 0) is 0 Å². The quantitative estimate of drug-likeness (QED) is 0.655. The highest BCUT2D eigenvalue weighted by atomic mass is 16.2. The first-order chi connectivity index (χ1) is 12.7. The molecule has 9 atom stereocenters. The lowest BCUT2D eigenvalue weighted by Gasteiger charge is -2.65. The number of aliphatic hydroxyl groups is 1. The van der Waals surface area contributed by atoms with Gasteiger partial charge in [-0.2, -0.15) is 0 Å². The second-order valence-corrected chi connectivity index (χ2v) is 11.9.